The minimum atomic E-state index is 0.595. The standard InChI is InChI=1S/C14H15N3O/c1-3-6-13-15-16-14(18-13)12-9-10-7-4-5-8-11(10)17(12)2/h4-5,7-9H,3,6H2,1-2H3. The van der Waals surface area contributed by atoms with Crippen LogP contribution in [0.15, 0.2) is 34.7 Å². The van der Waals surface area contributed by atoms with Gasteiger partial charge in [-0.2, -0.15) is 0 Å². The second-order valence-corrected chi connectivity index (χ2v) is 4.40. The Labute approximate surface area is 105 Å². The van der Waals surface area contributed by atoms with Gasteiger partial charge in [0.05, 0.1) is 0 Å². The van der Waals surface area contributed by atoms with Gasteiger partial charge in [-0.05, 0) is 18.6 Å². The summed E-state index contributed by atoms with van der Waals surface area (Å²) in [7, 11) is 2.02. The van der Waals surface area contributed by atoms with E-state index >= 15 is 0 Å². The molecule has 2 heterocycles. The molecule has 3 rings (SSSR count). The zero-order valence-electron chi connectivity index (χ0n) is 10.6. The molecule has 3 aromatic rings. The minimum absolute atomic E-state index is 0.595. The number of rotatable bonds is 3. The fourth-order valence-electron chi connectivity index (χ4n) is 2.17. The molecule has 0 unspecified atom stereocenters. The third-order valence-corrected chi connectivity index (χ3v) is 3.10. The maximum absolute atomic E-state index is 5.68. The largest absolute Gasteiger partial charge is 0.419 e. The first-order valence-corrected chi connectivity index (χ1v) is 6.17. The van der Waals surface area contributed by atoms with E-state index in [1.807, 2.05) is 19.2 Å². The third-order valence-electron chi connectivity index (χ3n) is 3.10. The Morgan fingerprint density at radius 2 is 2.06 bits per heavy atom. The minimum Gasteiger partial charge on any atom is -0.419 e. The van der Waals surface area contributed by atoms with E-state index in [2.05, 4.69) is 39.9 Å². The first-order valence-electron chi connectivity index (χ1n) is 6.17. The van der Waals surface area contributed by atoms with Crippen LogP contribution in [0.25, 0.3) is 22.5 Å². The van der Waals surface area contributed by atoms with Gasteiger partial charge in [0, 0.05) is 24.4 Å². The van der Waals surface area contributed by atoms with Crippen molar-refractivity contribution in [1.82, 2.24) is 14.8 Å². The Morgan fingerprint density at radius 1 is 1.22 bits per heavy atom. The summed E-state index contributed by atoms with van der Waals surface area (Å²) in [6, 6.07) is 10.3. The maximum atomic E-state index is 5.68. The van der Waals surface area contributed by atoms with Crippen molar-refractivity contribution in [2.45, 2.75) is 19.8 Å². The van der Waals surface area contributed by atoms with Crippen LogP contribution in [0.1, 0.15) is 19.2 Å². The van der Waals surface area contributed by atoms with E-state index in [4.69, 9.17) is 4.42 Å². The lowest BCUT2D eigenvalue weighted by molar-refractivity contribution is 0.499. The zero-order chi connectivity index (χ0) is 12.5. The molecule has 0 atom stereocenters. The number of hydrogen-bond acceptors (Lipinski definition) is 3. The van der Waals surface area contributed by atoms with Gasteiger partial charge in [-0.3, -0.25) is 0 Å². The number of aryl methyl sites for hydroxylation is 2. The summed E-state index contributed by atoms with van der Waals surface area (Å²) in [5.41, 5.74) is 2.13. The lowest BCUT2D eigenvalue weighted by Crippen LogP contribution is -1.90. The van der Waals surface area contributed by atoms with Crippen molar-refractivity contribution >= 4 is 10.9 Å². The van der Waals surface area contributed by atoms with Crippen LogP contribution in [-0.2, 0) is 13.5 Å². The van der Waals surface area contributed by atoms with Crippen LogP contribution >= 0.6 is 0 Å². The van der Waals surface area contributed by atoms with E-state index in [1.165, 1.54) is 10.9 Å². The summed E-state index contributed by atoms with van der Waals surface area (Å²) in [5, 5.41) is 9.37. The van der Waals surface area contributed by atoms with E-state index in [9.17, 15) is 0 Å². The Balaban J connectivity index is 2.10. The summed E-state index contributed by atoms with van der Waals surface area (Å²) in [5.74, 6) is 1.30. The van der Waals surface area contributed by atoms with Gasteiger partial charge >= 0.3 is 0 Å². The van der Waals surface area contributed by atoms with Gasteiger partial charge in [0.2, 0.25) is 5.89 Å². The van der Waals surface area contributed by atoms with Crippen LogP contribution in [0.5, 0.6) is 0 Å². The fourth-order valence-corrected chi connectivity index (χ4v) is 2.17. The van der Waals surface area contributed by atoms with Crippen molar-refractivity contribution in [3.8, 4) is 11.6 Å². The second-order valence-electron chi connectivity index (χ2n) is 4.40. The Bertz CT molecular complexity index is 681. The quantitative estimate of drug-likeness (QED) is 0.707. The highest BCUT2D eigenvalue weighted by atomic mass is 16.4. The molecule has 1 aromatic carbocycles. The molecule has 18 heavy (non-hydrogen) atoms. The lowest BCUT2D eigenvalue weighted by Gasteiger charge is -1.98. The number of nitrogens with zero attached hydrogens (tertiary/aromatic N) is 3. The molecule has 0 N–H and O–H groups in total. The molecule has 0 bridgehead atoms. The number of fused-ring (bicyclic) bond motifs is 1. The third kappa shape index (κ3) is 1.70. The van der Waals surface area contributed by atoms with Crippen molar-refractivity contribution in [2.75, 3.05) is 0 Å². The molecule has 92 valence electrons. The molecule has 0 saturated carbocycles. The number of hydrogen-bond donors (Lipinski definition) is 0. The molecule has 0 aliphatic carbocycles. The Hall–Kier alpha value is -2.10. The molecule has 0 amide bonds. The number of aromatic nitrogens is 3. The van der Waals surface area contributed by atoms with Gasteiger partial charge in [-0.1, -0.05) is 25.1 Å². The molecule has 0 aliphatic heterocycles. The van der Waals surface area contributed by atoms with Crippen LogP contribution in [0.2, 0.25) is 0 Å². The van der Waals surface area contributed by atoms with Crippen LogP contribution in [0.3, 0.4) is 0 Å². The Kier molecular flexibility index (Phi) is 2.63. The zero-order valence-corrected chi connectivity index (χ0v) is 10.6. The highest BCUT2D eigenvalue weighted by Gasteiger charge is 2.13. The van der Waals surface area contributed by atoms with Crippen LogP contribution in [0.4, 0.5) is 0 Å². The summed E-state index contributed by atoms with van der Waals surface area (Å²) in [6.07, 6.45) is 1.84. The van der Waals surface area contributed by atoms with Crippen molar-refractivity contribution in [3.05, 3.63) is 36.2 Å². The molecular weight excluding hydrogens is 226 g/mol. The average molecular weight is 241 g/mol. The van der Waals surface area contributed by atoms with Gasteiger partial charge in [0.15, 0.2) is 0 Å². The van der Waals surface area contributed by atoms with Crippen molar-refractivity contribution < 1.29 is 4.42 Å². The second kappa shape index (κ2) is 4.29. The lowest BCUT2D eigenvalue weighted by atomic mass is 10.2. The van der Waals surface area contributed by atoms with E-state index in [-0.39, 0.29) is 0 Å². The molecule has 0 saturated heterocycles. The Morgan fingerprint density at radius 3 is 2.83 bits per heavy atom. The molecule has 4 heteroatoms. The van der Waals surface area contributed by atoms with E-state index in [1.54, 1.807) is 0 Å². The molecule has 0 aliphatic rings. The van der Waals surface area contributed by atoms with Gasteiger partial charge in [-0.25, -0.2) is 0 Å². The van der Waals surface area contributed by atoms with Crippen molar-refractivity contribution in [1.29, 1.82) is 0 Å². The van der Waals surface area contributed by atoms with Crippen LogP contribution in [0, 0.1) is 0 Å². The predicted octanol–water partition coefficient (Wildman–Crippen LogP) is 3.18. The van der Waals surface area contributed by atoms with Crippen LogP contribution in [-0.4, -0.2) is 14.8 Å². The summed E-state index contributed by atoms with van der Waals surface area (Å²) < 4.78 is 7.76. The van der Waals surface area contributed by atoms with Gasteiger partial charge in [0.25, 0.3) is 5.89 Å². The smallest absolute Gasteiger partial charge is 0.264 e. The van der Waals surface area contributed by atoms with Gasteiger partial charge < -0.3 is 8.98 Å². The topological polar surface area (TPSA) is 43.9 Å². The first kappa shape index (κ1) is 11.0. The molecule has 0 radical (unpaired) electrons. The van der Waals surface area contributed by atoms with Crippen molar-refractivity contribution in [3.63, 3.8) is 0 Å². The molecule has 4 nitrogen and oxygen atoms in total. The van der Waals surface area contributed by atoms with Gasteiger partial charge in [0.1, 0.15) is 5.69 Å². The summed E-state index contributed by atoms with van der Waals surface area (Å²) >= 11 is 0. The summed E-state index contributed by atoms with van der Waals surface area (Å²) in [4.78, 5) is 0. The average Bonchev–Trinajstić information content (AvgIpc) is 2.96. The SMILES string of the molecule is CCCc1nnc(-c2cc3ccccc3n2C)o1. The number of para-hydroxylation sites is 1. The fraction of sp³-hybridized carbons (Fsp3) is 0.286. The molecule has 0 spiro atoms. The normalized spacial score (nSPS) is 11.2. The first-order chi connectivity index (χ1) is 8.79. The molecule has 2 aromatic heterocycles. The van der Waals surface area contributed by atoms with Crippen molar-refractivity contribution in [2.24, 2.45) is 7.05 Å². The van der Waals surface area contributed by atoms with E-state index in [0.717, 1.165) is 18.5 Å². The highest BCUT2D eigenvalue weighted by Crippen LogP contribution is 2.26. The maximum Gasteiger partial charge on any atom is 0.264 e. The van der Waals surface area contributed by atoms with Crippen LogP contribution < -0.4 is 0 Å². The van der Waals surface area contributed by atoms with E-state index < -0.39 is 0 Å². The monoisotopic (exact) mass is 241 g/mol. The predicted molar refractivity (Wildman–Crippen MR) is 70.2 cm³/mol. The summed E-state index contributed by atoms with van der Waals surface area (Å²) in [6.45, 7) is 2.10. The van der Waals surface area contributed by atoms with Gasteiger partial charge in [-0.15, -0.1) is 10.2 Å². The highest BCUT2D eigenvalue weighted by molar-refractivity contribution is 5.85. The number of benzene rings is 1. The molecule has 0 fully saturated rings. The molecular formula is C14H15N3O. The van der Waals surface area contributed by atoms with E-state index in [0.29, 0.717) is 11.8 Å².